The number of hydrogen-bond acceptors (Lipinski definition) is 8. The number of methoxy groups -OCH3 is 3. The number of phenols is 1. The number of rotatable bonds is 8. The Balaban J connectivity index is 1.42. The van der Waals surface area contributed by atoms with Crippen LogP contribution in [0, 0.1) is 0 Å². The minimum atomic E-state index is -0.625. The summed E-state index contributed by atoms with van der Waals surface area (Å²) in [6.07, 6.45) is 0. The van der Waals surface area contributed by atoms with Gasteiger partial charge in [0.25, 0.3) is 11.8 Å². The zero-order valence-electron chi connectivity index (χ0n) is 22.3. The lowest BCUT2D eigenvalue weighted by molar-refractivity contribution is -0.148. The second-order valence-corrected chi connectivity index (χ2v) is 9.53. The van der Waals surface area contributed by atoms with E-state index in [2.05, 4.69) is 5.32 Å². The van der Waals surface area contributed by atoms with Crippen molar-refractivity contribution in [1.82, 2.24) is 9.80 Å². The van der Waals surface area contributed by atoms with Crippen molar-refractivity contribution in [3.05, 3.63) is 82.4 Å². The molecule has 2 amide bonds. The number of aromatic hydroxyl groups is 1. The van der Waals surface area contributed by atoms with Crippen molar-refractivity contribution in [2.45, 2.75) is 6.04 Å². The van der Waals surface area contributed by atoms with E-state index in [-0.39, 0.29) is 17.2 Å². The summed E-state index contributed by atoms with van der Waals surface area (Å²) in [5.74, 6) is -0.535. The average Bonchev–Trinajstić information content (AvgIpc) is 2.97. The number of hydrogen-bond donors (Lipinski definition) is 2. The Labute approximate surface area is 237 Å². The van der Waals surface area contributed by atoms with Crippen molar-refractivity contribution in [2.24, 2.45) is 0 Å². The third-order valence-corrected chi connectivity index (χ3v) is 6.93. The molecule has 0 bridgehead atoms. The van der Waals surface area contributed by atoms with Crippen molar-refractivity contribution in [3.8, 4) is 17.2 Å². The maximum absolute atomic E-state index is 13.2. The molecule has 1 aliphatic heterocycles. The van der Waals surface area contributed by atoms with Gasteiger partial charge in [0.15, 0.2) is 0 Å². The van der Waals surface area contributed by atoms with Crippen LogP contribution in [0.5, 0.6) is 17.2 Å². The number of nitrogens with one attached hydrogen (secondary N) is 1. The van der Waals surface area contributed by atoms with Crippen molar-refractivity contribution in [3.63, 3.8) is 0 Å². The van der Waals surface area contributed by atoms with Gasteiger partial charge in [0.2, 0.25) is 0 Å². The number of carbonyl (C=O) groups excluding carboxylic acids is 3. The molecular weight excluding hydrogens is 538 g/mol. The molecule has 1 fully saturated rings. The molecule has 4 rings (SSSR count). The van der Waals surface area contributed by atoms with Gasteiger partial charge in [-0.15, -0.1) is 0 Å². The van der Waals surface area contributed by atoms with Gasteiger partial charge >= 0.3 is 5.97 Å². The molecule has 40 heavy (non-hydrogen) atoms. The Hall–Kier alpha value is -4.28. The highest BCUT2D eigenvalue weighted by Gasteiger charge is 2.33. The van der Waals surface area contributed by atoms with Crippen LogP contribution in [0.3, 0.4) is 0 Å². The van der Waals surface area contributed by atoms with E-state index in [0.29, 0.717) is 54.0 Å². The molecule has 11 heteroatoms. The molecule has 1 aliphatic rings. The second kappa shape index (κ2) is 12.7. The molecule has 0 aliphatic carbocycles. The third-order valence-electron chi connectivity index (χ3n) is 6.68. The number of nitrogens with zero attached hydrogens (tertiary/aromatic N) is 2. The Morgan fingerprint density at radius 1 is 0.875 bits per heavy atom. The zero-order chi connectivity index (χ0) is 28.8. The number of carbonyl (C=O) groups is 3. The van der Waals surface area contributed by atoms with E-state index in [1.165, 1.54) is 33.5 Å². The van der Waals surface area contributed by atoms with Crippen molar-refractivity contribution >= 4 is 35.1 Å². The Morgan fingerprint density at radius 2 is 1.50 bits per heavy atom. The summed E-state index contributed by atoms with van der Waals surface area (Å²) in [5.41, 5.74) is 1.47. The molecule has 0 saturated carbocycles. The number of halogens is 1. The maximum Gasteiger partial charge on any atom is 0.327 e. The predicted octanol–water partition coefficient (Wildman–Crippen LogP) is 3.99. The molecule has 210 valence electrons. The van der Waals surface area contributed by atoms with Gasteiger partial charge in [-0.3, -0.25) is 14.5 Å². The Bertz CT molecular complexity index is 1370. The number of ether oxygens (including phenoxy) is 3. The Kier molecular flexibility index (Phi) is 9.13. The van der Waals surface area contributed by atoms with E-state index < -0.39 is 17.9 Å². The number of benzene rings is 3. The van der Waals surface area contributed by atoms with Crippen LogP contribution in [0.4, 0.5) is 5.69 Å². The second-order valence-electron chi connectivity index (χ2n) is 9.09. The monoisotopic (exact) mass is 567 g/mol. The first-order chi connectivity index (χ1) is 19.2. The molecule has 1 heterocycles. The van der Waals surface area contributed by atoms with Crippen molar-refractivity contribution in [2.75, 3.05) is 52.8 Å². The lowest BCUT2D eigenvalue weighted by atomic mass is 10.0. The molecule has 1 atom stereocenters. The average molecular weight is 568 g/mol. The molecule has 1 saturated heterocycles. The summed E-state index contributed by atoms with van der Waals surface area (Å²) in [7, 11) is 4.32. The van der Waals surface area contributed by atoms with Crippen LogP contribution in [0.25, 0.3) is 0 Å². The number of amides is 2. The van der Waals surface area contributed by atoms with E-state index in [1.54, 1.807) is 53.4 Å². The SMILES string of the molecule is COC(=O)C(c1ccc(Cl)cc1)N1CCN(C(=O)c2ccc(NC(=O)c3cc(OC)cc(OC)c3)cc2O)CC1. The largest absolute Gasteiger partial charge is 0.507 e. The quantitative estimate of drug-likeness (QED) is 0.392. The number of anilines is 1. The molecule has 2 N–H and O–H groups in total. The standard InChI is InChI=1S/C29H30ClN3O7/c1-38-22-14-19(15-23(17-22)39-2)27(35)31-21-8-9-24(25(34)16-21)28(36)33-12-10-32(11-13-33)26(29(37)40-3)18-4-6-20(30)7-5-18/h4-9,14-17,26,34H,10-13H2,1-3H3,(H,31,35). The first-order valence-corrected chi connectivity index (χ1v) is 12.9. The lowest BCUT2D eigenvalue weighted by Crippen LogP contribution is -2.51. The molecule has 3 aromatic rings. The van der Waals surface area contributed by atoms with Crippen LogP contribution >= 0.6 is 11.6 Å². The number of esters is 1. The van der Waals surface area contributed by atoms with Gasteiger partial charge in [0.1, 0.15) is 23.3 Å². The molecule has 10 nitrogen and oxygen atoms in total. The van der Waals surface area contributed by atoms with Gasteiger partial charge in [-0.2, -0.15) is 0 Å². The van der Waals surface area contributed by atoms with E-state index in [4.69, 9.17) is 25.8 Å². The van der Waals surface area contributed by atoms with Gasteiger partial charge in [-0.1, -0.05) is 23.7 Å². The topological polar surface area (TPSA) is 118 Å². The van der Waals surface area contributed by atoms with Crippen LogP contribution in [0.1, 0.15) is 32.3 Å². The van der Waals surface area contributed by atoms with Gasteiger partial charge < -0.3 is 29.5 Å². The van der Waals surface area contributed by atoms with Crippen LogP contribution in [-0.4, -0.2) is 80.2 Å². The smallest absolute Gasteiger partial charge is 0.327 e. The third kappa shape index (κ3) is 6.47. The molecule has 3 aromatic carbocycles. The maximum atomic E-state index is 13.2. The fourth-order valence-corrected chi connectivity index (χ4v) is 4.66. The summed E-state index contributed by atoms with van der Waals surface area (Å²) in [5, 5.41) is 13.9. The van der Waals surface area contributed by atoms with E-state index in [9.17, 15) is 19.5 Å². The summed E-state index contributed by atoms with van der Waals surface area (Å²) in [6, 6.07) is 15.5. The summed E-state index contributed by atoms with van der Waals surface area (Å²) in [6.45, 7) is 1.53. The van der Waals surface area contributed by atoms with Crippen molar-refractivity contribution in [1.29, 1.82) is 0 Å². The Morgan fingerprint density at radius 3 is 2.05 bits per heavy atom. The number of phenolic OH excluding ortho intramolecular Hbond substituents is 1. The van der Waals surface area contributed by atoms with Gasteiger partial charge in [-0.25, -0.2) is 4.79 Å². The molecule has 1 unspecified atom stereocenters. The first-order valence-electron chi connectivity index (χ1n) is 12.5. The van der Waals surface area contributed by atoms with E-state index >= 15 is 0 Å². The van der Waals surface area contributed by atoms with Crippen molar-refractivity contribution < 1.29 is 33.7 Å². The molecular formula is C29H30ClN3O7. The fourth-order valence-electron chi connectivity index (χ4n) is 4.54. The summed E-state index contributed by atoms with van der Waals surface area (Å²) < 4.78 is 15.4. The molecule has 0 spiro atoms. The summed E-state index contributed by atoms with van der Waals surface area (Å²) in [4.78, 5) is 42.1. The normalized spacial score (nSPS) is 14.2. The van der Waals surface area contributed by atoms with Crippen LogP contribution < -0.4 is 14.8 Å². The minimum Gasteiger partial charge on any atom is -0.507 e. The first kappa shape index (κ1) is 28.7. The van der Waals surface area contributed by atoms with E-state index in [1.807, 2.05) is 4.90 Å². The highest BCUT2D eigenvalue weighted by molar-refractivity contribution is 6.30. The van der Waals surface area contributed by atoms with Gasteiger partial charge in [-0.05, 0) is 42.0 Å². The van der Waals surface area contributed by atoms with Gasteiger partial charge in [0.05, 0.1) is 26.9 Å². The number of piperazine rings is 1. The predicted molar refractivity (Wildman–Crippen MR) is 149 cm³/mol. The minimum absolute atomic E-state index is 0.108. The van der Waals surface area contributed by atoms with Crippen LogP contribution in [0.15, 0.2) is 60.7 Å². The summed E-state index contributed by atoms with van der Waals surface area (Å²) >= 11 is 6.00. The zero-order valence-corrected chi connectivity index (χ0v) is 23.1. The fraction of sp³-hybridized carbons (Fsp3) is 0.276. The lowest BCUT2D eigenvalue weighted by Gasteiger charge is -2.38. The van der Waals surface area contributed by atoms with Crippen LogP contribution in [-0.2, 0) is 9.53 Å². The van der Waals surface area contributed by atoms with E-state index in [0.717, 1.165) is 5.56 Å². The highest BCUT2D eigenvalue weighted by atomic mass is 35.5. The molecule has 0 aromatic heterocycles. The van der Waals surface area contributed by atoms with Gasteiger partial charge in [0, 0.05) is 54.6 Å². The van der Waals surface area contributed by atoms with Crippen LogP contribution in [0.2, 0.25) is 5.02 Å². The highest BCUT2D eigenvalue weighted by Crippen LogP contribution is 2.28. The molecule has 0 radical (unpaired) electrons.